The monoisotopic (exact) mass is 247 g/mol. The SMILES string of the molecule is CC(C)(C)OC(=O)N1C[C@@H](S)C[C@@H]1C(=O)O. The topological polar surface area (TPSA) is 66.8 Å². The van der Waals surface area contributed by atoms with Crippen molar-refractivity contribution in [1.29, 1.82) is 0 Å². The van der Waals surface area contributed by atoms with Gasteiger partial charge in [-0.1, -0.05) is 0 Å². The van der Waals surface area contributed by atoms with E-state index in [2.05, 4.69) is 12.6 Å². The highest BCUT2D eigenvalue weighted by Crippen LogP contribution is 2.24. The first kappa shape index (κ1) is 13.2. The Bertz CT molecular complexity index is 300. The van der Waals surface area contributed by atoms with Gasteiger partial charge >= 0.3 is 12.1 Å². The van der Waals surface area contributed by atoms with Crippen molar-refractivity contribution in [2.45, 2.75) is 44.1 Å². The molecule has 2 atom stereocenters. The summed E-state index contributed by atoms with van der Waals surface area (Å²) in [5, 5.41) is 8.86. The van der Waals surface area contributed by atoms with Gasteiger partial charge in [-0.3, -0.25) is 4.90 Å². The number of carbonyl (C=O) groups is 2. The van der Waals surface area contributed by atoms with Crippen LogP contribution in [0, 0.1) is 0 Å². The smallest absolute Gasteiger partial charge is 0.411 e. The molecule has 92 valence electrons. The van der Waals surface area contributed by atoms with Crippen LogP contribution in [-0.4, -0.2) is 45.5 Å². The van der Waals surface area contributed by atoms with Gasteiger partial charge in [0, 0.05) is 11.8 Å². The Morgan fingerprint density at radius 1 is 1.44 bits per heavy atom. The lowest BCUT2D eigenvalue weighted by molar-refractivity contribution is -0.142. The van der Waals surface area contributed by atoms with Crippen LogP contribution in [0.5, 0.6) is 0 Å². The van der Waals surface area contributed by atoms with Crippen molar-refractivity contribution in [3.05, 3.63) is 0 Å². The zero-order chi connectivity index (χ0) is 12.5. The van der Waals surface area contributed by atoms with E-state index in [1.165, 1.54) is 4.90 Å². The molecule has 1 rings (SSSR count). The number of carboxylic acids is 1. The zero-order valence-corrected chi connectivity index (χ0v) is 10.5. The summed E-state index contributed by atoms with van der Waals surface area (Å²) in [5.41, 5.74) is -0.616. The fourth-order valence-electron chi connectivity index (χ4n) is 1.57. The highest BCUT2D eigenvalue weighted by atomic mass is 32.1. The summed E-state index contributed by atoms with van der Waals surface area (Å²) in [5.74, 6) is -1.01. The number of carbonyl (C=O) groups excluding carboxylic acids is 1. The van der Waals surface area contributed by atoms with Crippen LogP contribution in [0.4, 0.5) is 4.79 Å². The van der Waals surface area contributed by atoms with Crippen molar-refractivity contribution in [2.75, 3.05) is 6.54 Å². The van der Waals surface area contributed by atoms with Crippen molar-refractivity contribution in [3.8, 4) is 0 Å². The summed E-state index contributed by atoms with van der Waals surface area (Å²) in [7, 11) is 0. The molecule has 0 aromatic rings. The number of thiol groups is 1. The number of nitrogens with zero attached hydrogens (tertiary/aromatic N) is 1. The van der Waals surface area contributed by atoms with Crippen molar-refractivity contribution in [1.82, 2.24) is 4.90 Å². The van der Waals surface area contributed by atoms with E-state index in [1.54, 1.807) is 20.8 Å². The molecule has 1 saturated heterocycles. The number of rotatable bonds is 1. The molecule has 1 heterocycles. The molecule has 6 heteroatoms. The fourth-order valence-corrected chi connectivity index (χ4v) is 1.95. The third-order valence-corrected chi connectivity index (χ3v) is 2.57. The highest BCUT2D eigenvalue weighted by molar-refractivity contribution is 7.81. The summed E-state index contributed by atoms with van der Waals surface area (Å²) < 4.78 is 5.14. The largest absolute Gasteiger partial charge is 0.480 e. The molecule has 0 aliphatic carbocycles. The first-order valence-electron chi connectivity index (χ1n) is 5.11. The van der Waals surface area contributed by atoms with Gasteiger partial charge in [0.25, 0.3) is 0 Å². The minimum atomic E-state index is -1.01. The number of ether oxygens (including phenoxy) is 1. The molecule has 0 radical (unpaired) electrons. The van der Waals surface area contributed by atoms with E-state index < -0.39 is 23.7 Å². The van der Waals surface area contributed by atoms with Gasteiger partial charge in [-0.05, 0) is 27.2 Å². The predicted molar refractivity (Wildman–Crippen MR) is 61.8 cm³/mol. The third-order valence-electron chi connectivity index (χ3n) is 2.19. The Hall–Kier alpha value is -0.910. The number of likely N-dealkylation sites (tertiary alicyclic amines) is 1. The van der Waals surface area contributed by atoms with Crippen LogP contribution < -0.4 is 0 Å². The molecule has 16 heavy (non-hydrogen) atoms. The van der Waals surface area contributed by atoms with Crippen LogP contribution in [0.25, 0.3) is 0 Å². The molecule has 1 aliphatic rings. The van der Waals surface area contributed by atoms with Crippen molar-refractivity contribution in [2.24, 2.45) is 0 Å². The van der Waals surface area contributed by atoms with Crippen molar-refractivity contribution >= 4 is 24.7 Å². The Balaban J connectivity index is 2.71. The van der Waals surface area contributed by atoms with Crippen LogP contribution in [0.2, 0.25) is 0 Å². The molecular weight excluding hydrogens is 230 g/mol. The normalized spacial score (nSPS) is 25.6. The Morgan fingerprint density at radius 2 is 2.00 bits per heavy atom. The van der Waals surface area contributed by atoms with Gasteiger partial charge in [0.15, 0.2) is 0 Å². The summed E-state index contributed by atoms with van der Waals surface area (Å²) in [6.07, 6.45) is -0.228. The van der Waals surface area contributed by atoms with Crippen molar-refractivity contribution < 1.29 is 19.4 Å². The van der Waals surface area contributed by atoms with E-state index in [0.29, 0.717) is 13.0 Å². The van der Waals surface area contributed by atoms with E-state index >= 15 is 0 Å². The highest BCUT2D eigenvalue weighted by Gasteiger charge is 2.40. The Labute approximate surface area is 100 Å². The first-order chi connectivity index (χ1) is 7.20. The Kier molecular flexibility index (Phi) is 3.72. The van der Waals surface area contributed by atoms with E-state index in [0.717, 1.165) is 0 Å². The van der Waals surface area contributed by atoms with E-state index in [9.17, 15) is 9.59 Å². The molecule has 0 unspecified atom stereocenters. The average Bonchev–Trinajstić information content (AvgIpc) is 2.44. The van der Waals surface area contributed by atoms with Gasteiger partial charge < -0.3 is 9.84 Å². The summed E-state index contributed by atoms with van der Waals surface area (Å²) >= 11 is 4.20. The number of aliphatic carboxylic acids is 1. The second-order valence-corrected chi connectivity index (χ2v) is 5.61. The fraction of sp³-hybridized carbons (Fsp3) is 0.800. The van der Waals surface area contributed by atoms with Crippen LogP contribution in [0.3, 0.4) is 0 Å². The first-order valence-corrected chi connectivity index (χ1v) is 5.63. The summed E-state index contributed by atoms with van der Waals surface area (Å²) in [4.78, 5) is 23.9. The third kappa shape index (κ3) is 3.30. The molecule has 1 amide bonds. The molecular formula is C10H17NO4S. The molecule has 0 spiro atoms. The quantitative estimate of drug-likeness (QED) is 0.687. The minimum absolute atomic E-state index is 0.103. The van der Waals surface area contributed by atoms with Gasteiger partial charge in [-0.2, -0.15) is 12.6 Å². The molecule has 0 saturated carbocycles. The summed E-state index contributed by atoms with van der Waals surface area (Å²) in [6.45, 7) is 5.55. The maximum absolute atomic E-state index is 11.7. The predicted octanol–water partition coefficient (Wildman–Crippen LogP) is 1.38. The summed E-state index contributed by atoms with van der Waals surface area (Å²) in [6, 6.07) is -0.822. The van der Waals surface area contributed by atoms with E-state index in [4.69, 9.17) is 9.84 Å². The average molecular weight is 247 g/mol. The zero-order valence-electron chi connectivity index (χ0n) is 9.64. The molecule has 0 bridgehead atoms. The van der Waals surface area contributed by atoms with Gasteiger partial charge in [0.2, 0.25) is 0 Å². The molecule has 1 aliphatic heterocycles. The second-order valence-electron chi connectivity index (χ2n) is 4.88. The van der Waals surface area contributed by atoms with Crippen LogP contribution >= 0.6 is 12.6 Å². The van der Waals surface area contributed by atoms with Gasteiger partial charge in [0.1, 0.15) is 11.6 Å². The maximum atomic E-state index is 11.7. The number of amides is 1. The lowest BCUT2D eigenvalue weighted by Gasteiger charge is -2.26. The lowest BCUT2D eigenvalue weighted by Crippen LogP contribution is -2.43. The number of carboxylic acid groups (broad SMARTS) is 1. The maximum Gasteiger partial charge on any atom is 0.411 e. The van der Waals surface area contributed by atoms with Crippen LogP contribution in [-0.2, 0) is 9.53 Å². The van der Waals surface area contributed by atoms with Crippen LogP contribution in [0.15, 0.2) is 0 Å². The standard InChI is InChI=1S/C10H17NO4S/c1-10(2,3)15-9(14)11-5-6(16)4-7(11)8(12)13/h6-7,16H,4-5H2,1-3H3,(H,12,13)/t6-,7+/m0/s1. The number of hydrogen-bond acceptors (Lipinski definition) is 4. The molecule has 0 aromatic carbocycles. The van der Waals surface area contributed by atoms with Gasteiger partial charge in [-0.15, -0.1) is 0 Å². The minimum Gasteiger partial charge on any atom is -0.480 e. The molecule has 0 aromatic heterocycles. The van der Waals surface area contributed by atoms with E-state index in [1.807, 2.05) is 0 Å². The molecule has 1 N–H and O–H groups in total. The van der Waals surface area contributed by atoms with Crippen LogP contribution in [0.1, 0.15) is 27.2 Å². The molecule has 5 nitrogen and oxygen atoms in total. The van der Waals surface area contributed by atoms with Gasteiger partial charge in [0.05, 0.1) is 0 Å². The second kappa shape index (κ2) is 4.53. The van der Waals surface area contributed by atoms with Gasteiger partial charge in [-0.25, -0.2) is 9.59 Å². The van der Waals surface area contributed by atoms with E-state index in [-0.39, 0.29) is 5.25 Å². The molecule has 1 fully saturated rings. The number of hydrogen-bond donors (Lipinski definition) is 2. The Morgan fingerprint density at radius 3 is 2.44 bits per heavy atom. The lowest BCUT2D eigenvalue weighted by atomic mass is 10.2. The van der Waals surface area contributed by atoms with Crippen molar-refractivity contribution in [3.63, 3.8) is 0 Å².